The summed E-state index contributed by atoms with van der Waals surface area (Å²) in [4.78, 5) is 23.1. The van der Waals surface area contributed by atoms with Crippen molar-refractivity contribution in [2.24, 2.45) is 5.92 Å². The summed E-state index contributed by atoms with van der Waals surface area (Å²) in [5, 5.41) is 16.4. The van der Waals surface area contributed by atoms with Gasteiger partial charge in [0.2, 0.25) is 11.9 Å². The molecule has 8 heteroatoms. The second-order valence-electron chi connectivity index (χ2n) is 8.03. The predicted molar refractivity (Wildman–Crippen MR) is 123 cm³/mol. The quantitative estimate of drug-likeness (QED) is 0.511. The number of benzene rings is 2. The van der Waals surface area contributed by atoms with Crippen LogP contribution in [0.15, 0.2) is 54.7 Å². The fourth-order valence-corrected chi connectivity index (χ4v) is 3.66. The molecule has 2 fully saturated rings. The Morgan fingerprint density at radius 2 is 1.84 bits per heavy atom. The van der Waals surface area contributed by atoms with E-state index < -0.39 is 0 Å². The predicted octanol–water partition coefficient (Wildman–Crippen LogP) is 3.78. The first-order valence-corrected chi connectivity index (χ1v) is 10.8. The second-order valence-corrected chi connectivity index (χ2v) is 8.03. The van der Waals surface area contributed by atoms with E-state index in [1.165, 1.54) is 0 Å². The van der Waals surface area contributed by atoms with Gasteiger partial charge >= 0.3 is 0 Å². The van der Waals surface area contributed by atoms with E-state index >= 15 is 0 Å². The summed E-state index contributed by atoms with van der Waals surface area (Å²) in [5.41, 5.74) is 3.87. The maximum absolute atomic E-state index is 12.0. The average molecular weight is 431 g/mol. The van der Waals surface area contributed by atoms with Gasteiger partial charge in [0.25, 0.3) is 0 Å². The molecular formula is C24H25N5O3. The number of carbonyl (C=O) groups excluding carboxylic acids is 1. The van der Waals surface area contributed by atoms with Crippen LogP contribution in [-0.2, 0) is 9.53 Å². The zero-order valence-electron chi connectivity index (χ0n) is 17.6. The first kappa shape index (κ1) is 20.3. The monoisotopic (exact) mass is 431 g/mol. The van der Waals surface area contributed by atoms with Crippen LogP contribution in [0.25, 0.3) is 11.3 Å². The number of aromatic nitrogens is 2. The molecule has 0 radical (unpaired) electrons. The van der Waals surface area contributed by atoms with E-state index in [0.29, 0.717) is 17.3 Å². The van der Waals surface area contributed by atoms with Crippen molar-refractivity contribution in [1.82, 2.24) is 9.97 Å². The van der Waals surface area contributed by atoms with Gasteiger partial charge in [-0.3, -0.25) is 4.79 Å². The molecule has 2 aromatic carbocycles. The molecule has 1 aromatic heterocycles. The Kier molecular flexibility index (Phi) is 5.60. The zero-order valence-corrected chi connectivity index (χ0v) is 17.6. The van der Waals surface area contributed by atoms with Crippen molar-refractivity contribution in [2.45, 2.75) is 12.8 Å². The number of ether oxygens (including phenoxy) is 1. The zero-order chi connectivity index (χ0) is 21.9. The number of phenols is 1. The summed E-state index contributed by atoms with van der Waals surface area (Å²) < 4.78 is 5.41. The van der Waals surface area contributed by atoms with Crippen LogP contribution in [-0.4, -0.2) is 47.3 Å². The summed E-state index contributed by atoms with van der Waals surface area (Å²) in [7, 11) is 0. The fourth-order valence-electron chi connectivity index (χ4n) is 3.66. The molecule has 2 aliphatic rings. The number of aromatic hydroxyl groups is 1. The number of amides is 1. The number of hydrogen-bond acceptors (Lipinski definition) is 7. The number of nitrogens with zero attached hydrogens (tertiary/aromatic N) is 3. The molecule has 1 aliphatic heterocycles. The van der Waals surface area contributed by atoms with Crippen molar-refractivity contribution in [3.8, 4) is 17.0 Å². The van der Waals surface area contributed by atoms with Crippen molar-refractivity contribution >= 4 is 28.9 Å². The number of phenolic OH excluding ortho intramolecular Hbond substituents is 1. The normalized spacial score (nSPS) is 15.9. The number of nitrogens with one attached hydrogen (secondary N) is 2. The van der Waals surface area contributed by atoms with Gasteiger partial charge in [-0.15, -0.1) is 0 Å². The number of hydrogen-bond donors (Lipinski definition) is 3. The van der Waals surface area contributed by atoms with E-state index in [1.54, 1.807) is 24.4 Å². The van der Waals surface area contributed by atoms with Gasteiger partial charge in [-0.1, -0.05) is 6.07 Å². The van der Waals surface area contributed by atoms with Gasteiger partial charge in [-0.05, 0) is 55.3 Å². The molecule has 0 atom stereocenters. The largest absolute Gasteiger partial charge is 0.506 e. The Labute approximate surface area is 186 Å². The van der Waals surface area contributed by atoms with Gasteiger partial charge < -0.3 is 25.4 Å². The molecule has 0 unspecified atom stereocenters. The third-order valence-electron chi connectivity index (χ3n) is 5.65. The molecule has 164 valence electrons. The summed E-state index contributed by atoms with van der Waals surface area (Å²) in [6, 6.07) is 15.1. The van der Waals surface area contributed by atoms with Gasteiger partial charge in [-0.25, -0.2) is 9.97 Å². The van der Waals surface area contributed by atoms with Crippen molar-refractivity contribution in [3.05, 3.63) is 54.7 Å². The molecule has 3 aromatic rings. The average Bonchev–Trinajstić information content (AvgIpc) is 3.67. The number of carbonyl (C=O) groups is 1. The lowest BCUT2D eigenvalue weighted by molar-refractivity contribution is -0.117. The van der Waals surface area contributed by atoms with Gasteiger partial charge in [0.1, 0.15) is 5.75 Å². The Hall–Kier alpha value is -3.65. The number of anilines is 4. The van der Waals surface area contributed by atoms with Crippen LogP contribution in [0.4, 0.5) is 23.0 Å². The lowest BCUT2D eigenvalue weighted by atomic mass is 10.1. The summed E-state index contributed by atoms with van der Waals surface area (Å²) in [6.07, 6.45) is 3.50. The molecule has 1 saturated carbocycles. The van der Waals surface area contributed by atoms with E-state index in [-0.39, 0.29) is 17.6 Å². The topological polar surface area (TPSA) is 99.6 Å². The lowest BCUT2D eigenvalue weighted by Crippen LogP contribution is -2.36. The molecule has 3 N–H and O–H groups in total. The highest BCUT2D eigenvalue weighted by atomic mass is 16.5. The molecule has 5 rings (SSSR count). The molecule has 2 heterocycles. The summed E-state index contributed by atoms with van der Waals surface area (Å²) in [5.74, 6) is 0.518. The summed E-state index contributed by atoms with van der Waals surface area (Å²) in [6.45, 7) is 3.30. The van der Waals surface area contributed by atoms with Crippen LogP contribution in [0.3, 0.4) is 0 Å². The van der Waals surface area contributed by atoms with Crippen molar-refractivity contribution in [2.75, 3.05) is 41.8 Å². The Balaban J connectivity index is 1.28. The van der Waals surface area contributed by atoms with E-state index in [2.05, 4.69) is 37.6 Å². The molecule has 32 heavy (non-hydrogen) atoms. The fraction of sp³-hybridized carbons (Fsp3) is 0.292. The van der Waals surface area contributed by atoms with Gasteiger partial charge in [0, 0.05) is 42.1 Å². The van der Waals surface area contributed by atoms with Crippen LogP contribution in [0.1, 0.15) is 12.8 Å². The minimum atomic E-state index is -0.0405. The minimum absolute atomic E-state index is 0.0170. The van der Waals surface area contributed by atoms with Gasteiger partial charge in [-0.2, -0.15) is 0 Å². The molecular weight excluding hydrogens is 406 g/mol. The molecule has 1 saturated heterocycles. The number of morpholine rings is 1. The molecule has 0 bridgehead atoms. The Bertz CT molecular complexity index is 1110. The van der Waals surface area contributed by atoms with Crippen LogP contribution in [0.5, 0.6) is 5.75 Å². The van der Waals surface area contributed by atoms with E-state index in [0.717, 1.165) is 56.1 Å². The van der Waals surface area contributed by atoms with Crippen LogP contribution < -0.4 is 15.5 Å². The van der Waals surface area contributed by atoms with Crippen molar-refractivity contribution in [1.29, 1.82) is 0 Å². The SMILES string of the molecule is O=C(Nc1ccc(-c2ccnc(Nc3ccc(N4CCOCC4)cc3)n2)cc1O)C1CC1. The molecule has 1 aliphatic carbocycles. The first-order chi connectivity index (χ1) is 15.7. The number of rotatable bonds is 6. The van der Waals surface area contributed by atoms with E-state index in [1.807, 2.05) is 18.2 Å². The van der Waals surface area contributed by atoms with Crippen molar-refractivity contribution < 1.29 is 14.6 Å². The standard InChI is InChI=1S/C24H25N5O3/c30-22-15-17(3-8-21(22)27-23(31)16-1-2-16)20-9-10-25-24(28-20)26-18-4-6-19(7-5-18)29-11-13-32-14-12-29/h3-10,15-16,30H,1-2,11-14H2,(H,27,31)(H,25,26,28). The molecule has 8 nitrogen and oxygen atoms in total. The maximum Gasteiger partial charge on any atom is 0.227 e. The van der Waals surface area contributed by atoms with E-state index in [4.69, 9.17) is 4.74 Å². The highest BCUT2D eigenvalue weighted by molar-refractivity contribution is 5.95. The van der Waals surface area contributed by atoms with Crippen LogP contribution in [0, 0.1) is 5.92 Å². The first-order valence-electron chi connectivity index (χ1n) is 10.8. The van der Waals surface area contributed by atoms with Gasteiger partial charge in [0.15, 0.2) is 0 Å². The second kappa shape index (κ2) is 8.84. The molecule has 1 amide bonds. The van der Waals surface area contributed by atoms with Crippen LogP contribution in [0.2, 0.25) is 0 Å². The Morgan fingerprint density at radius 1 is 1.06 bits per heavy atom. The minimum Gasteiger partial charge on any atom is -0.506 e. The maximum atomic E-state index is 12.0. The van der Waals surface area contributed by atoms with Crippen LogP contribution >= 0.6 is 0 Å². The summed E-state index contributed by atoms with van der Waals surface area (Å²) >= 11 is 0. The molecule has 0 spiro atoms. The lowest BCUT2D eigenvalue weighted by Gasteiger charge is -2.28. The van der Waals surface area contributed by atoms with E-state index in [9.17, 15) is 9.90 Å². The third-order valence-corrected chi connectivity index (χ3v) is 5.65. The van der Waals surface area contributed by atoms with Crippen molar-refractivity contribution in [3.63, 3.8) is 0 Å². The highest BCUT2D eigenvalue weighted by Gasteiger charge is 2.30. The smallest absolute Gasteiger partial charge is 0.227 e. The highest BCUT2D eigenvalue weighted by Crippen LogP contribution is 2.34. The Morgan fingerprint density at radius 3 is 2.56 bits per heavy atom. The third kappa shape index (κ3) is 4.65. The van der Waals surface area contributed by atoms with Gasteiger partial charge in [0.05, 0.1) is 24.6 Å².